The van der Waals surface area contributed by atoms with Gasteiger partial charge in [0.15, 0.2) is 0 Å². The molecule has 0 spiro atoms. The van der Waals surface area contributed by atoms with Crippen molar-refractivity contribution in [1.82, 2.24) is 0 Å². The Hall–Kier alpha value is 0.110. The molecule has 4 atom stereocenters. The van der Waals surface area contributed by atoms with Gasteiger partial charge in [-0.25, -0.2) is 0 Å². The highest BCUT2D eigenvalue weighted by molar-refractivity contribution is 7.52. The molecule has 1 fully saturated rings. The summed E-state index contributed by atoms with van der Waals surface area (Å²) >= 11 is 0. The van der Waals surface area contributed by atoms with Crippen LogP contribution in [-0.2, 0) is 18.3 Å². The lowest BCUT2D eigenvalue weighted by molar-refractivity contribution is 0.0323. The first-order chi connectivity index (χ1) is 5.94. The molecule has 0 aliphatic carbocycles. The normalized spacial score (nSPS) is 38.9. The molecule has 0 aromatic rings. The Balaban J connectivity index is 2.50. The minimum atomic E-state index is -2.87. The topological polar surface area (TPSA) is 44.8 Å². The maximum absolute atomic E-state index is 11.5. The third-order valence-electron chi connectivity index (χ3n) is 2.19. The van der Waals surface area contributed by atoms with Crippen molar-refractivity contribution in [3.05, 3.63) is 0 Å². The van der Waals surface area contributed by atoms with Crippen LogP contribution in [0.4, 0.5) is 0 Å². The van der Waals surface area contributed by atoms with Crippen molar-refractivity contribution in [2.75, 3.05) is 13.8 Å². The highest BCUT2D eigenvalue weighted by Crippen LogP contribution is 2.46. The van der Waals surface area contributed by atoms with Crippen LogP contribution in [-0.4, -0.2) is 32.1 Å². The molecule has 4 nitrogen and oxygen atoms in total. The van der Waals surface area contributed by atoms with Crippen LogP contribution < -0.4 is 0 Å². The second-order valence-corrected chi connectivity index (χ2v) is 5.60. The van der Waals surface area contributed by atoms with Gasteiger partial charge in [-0.05, 0) is 13.8 Å². The first kappa shape index (κ1) is 11.2. The molecule has 0 bridgehead atoms. The summed E-state index contributed by atoms with van der Waals surface area (Å²) < 4.78 is 27.1. The zero-order chi connectivity index (χ0) is 10.1. The molecule has 13 heavy (non-hydrogen) atoms. The van der Waals surface area contributed by atoms with E-state index in [1.165, 1.54) is 13.8 Å². The Morgan fingerprint density at radius 1 is 1.46 bits per heavy atom. The van der Waals surface area contributed by atoms with Gasteiger partial charge < -0.3 is 13.8 Å². The van der Waals surface area contributed by atoms with Gasteiger partial charge in [-0.1, -0.05) is 0 Å². The summed E-state index contributed by atoms with van der Waals surface area (Å²) in [7, 11) is -1.47. The molecule has 5 heteroatoms. The monoisotopic (exact) mass is 208 g/mol. The van der Waals surface area contributed by atoms with Gasteiger partial charge >= 0.3 is 7.60 Å². The van der Waals surface area contributed by atoms with Crippen LogP contribution in [0.25, 0.3) is 0 Å². The molecule has 4 unspecified atom stereocenters. The first-order valence-corrected chi connectivity index (χ1v) is 6.40. The number of hydrogen-bond acceptors (Lipinski definition) is 4. The maximum Gasteiger partial charge on any atom is 0.327 e. The summed E-state index contributed by atoms with van der Waals surface area (Å²) in [4.78, 5) is 0. The summed E-state index contributed by atoms with van der Waals surface area (Å²) in [6.45, 7) is 5.37. The molecule has 0 saturated carbocycles. The van der Waals surface area contributed by atoms with Crippen molar-refractivity contribution < 1.29 is 18.3 Å². The molecule has 0 radical (unpaired) electrons. The van der Waals surface area contributed by atoms with Gasteiger partial charge in [0.05, 0.1) is 18.3 Å². The van der Waals surface area contributed by atoms with Crippen LogP contribution in [0.3, 0.4) is 0 Å². The summed E-state index contributed by atoms with van der Waals surface area (Å²) in [6.07, 6.45) is 0.851. The van der Waals surface area contributed by atoms with E-state index in [9.17, 15) is 4.57 Å². The lowest BCUT2D eigenvalue weighted by Gasteiger charge is -2.18. The molecule has 1 saturated heterocycles. The Kier molecular flexibility index (Phi) is 3.52. The molecule has 0 amide bonds. The third kappa shape index (κ3) is 3.06. The molecule has 0 aromatic carbocycles. The fourth-order valence-electron chi connectivity index (χ4n) is 1.45. The van der Waals surface area contributed by atoms with Gasteiger partial charge in [-0.15, -0.1) is 0 Å². The van der Waals surface area contributed by atoms with E-state index in [1.54, 1.807) is 0 Å². The maximum atomic E-state index is 11.5. The van der Waals surface area contributed by atoms with Crippen LogP contribution in [0.15, 0.2) is 0 Å². The van der Waals surface area contributed by atoms with Crippen molar-refractivity contribution in [2.24, 2.45) is 0 Å². The Morgan fingerprint density at radius 2 is 2.08 bits per heavy atom. The van der Waals surface area contributed by atoms with Crippen molar-refractivity contribution in [1.29, 1.82) is 0 Å². The van der Waals surface area contributed by atoms with E-state index in [2.05, 4.69) is 0 Å². The zero-order valence-electron chi connectivity index (χ0n) is 8.52. The average Bonchev–Trinajstić information content (AvgIpc) is 2.30. The van der Waals surface area contributed by atoms with Gasteiger partial charge in [-0.2, -0.15) is 0 Å². The van der Waals surface area contributed by atoms with Crippen molar-refractivity contribution in [2.45, 2.75) is 38.6 Å². The predicted octanol–water partition coefficient (Wildman–Crippen LogP) is 2.04. The summed E-state index contributed by atoms with van der Waals surface area (Å²) in [5, 5.41) is 0. The van der Waals surface area contributed by atoms with E-state index in [0.717, 1.165) is 6.42 Å². The largest absolute Gasteiger partial charge is 0.373 e. The molecule has 0 N–H and O–H groups in total. The zero-order valence-corrected chi connectivity index (χ0v) is 9.41. The van der Waals surface area contributed by atoms with Gasteiger partial charge in [0, 0.05) is 20.2 Å². The fourth-order valence-corrected chi connectivity index (χ4v) is 2.28. The van der Waals surface area contributed by atoms with E-state index in [1.807, 2.05) is 13.8 Å². The molecule has 1 aliphatic heterocycles. The summed E-state index contributed by atoms with van der Waals surface area (Å²) in [5.41, 5.74) is 0. The highest BCUT2D eigenvalue weighted by Gasteiger charge is 2.34. The Labute approximate surface area is 79.1 Å². The van der Waals surface area contributed by atoms with Crippen molar-refractivity contribution >= 4 is 7.60 Å². The SMILES string of the molecule is COP(C)(=O)OC1CC(C)OC1C. The number of ether oxygens (including phenoxy) is 1. The van der Waals surface area contributed by atoms with E-state index >= 15 is 0 Å². The third-order valence-corrected chi connectivity index (χ3v) is 3.51. The second kappa shape index (κ2) is 4.09. The van der Waals surface area contributed by atoms with Crippen LogP contribution in [0.1, 0.15) is 20.3 Å². The molecular weight excluding hydrogens is 191 g/mol. The van der Waals surface area contributed by atoms with Crippen LogP contribution in [0.2, 0.25) is 0 Å². The molecular formula is C8H17O4P. The smallest absolute Gasteiger partial charge is 0.327 e. The quantitative estimate of drug-likeness (QED) is 0.666. The number of hydrogen-bond donors (Lipinski definition) is 0. The average molecular weight is 208 g/mol. The van der Waals surface area contributed by atoms with Crippen molar-refractivity contribution in [3.63, 3.8) is 0 Å². The highest BCUT2D eigenvalue weighted by atomic mass is 31.2. The standard InChI is InChI=1S/C8H17O4P/c1-6-5-8(7(2)11-6)12-13(4,9)10-3/h6-8H,5H2,1-4H3. The second-order valence-electron chi connectivity index (χ2n) is 3.49. The molecule has 1 aliphatic rings. The van der Waals surface area contributed by atoms with Gasteiger partial charge in [0.1, 0.15) is 0 Å². The van der Waals surface area contributed by atoms with E-state index in [4.69, 9.17) is 13.8 Å². The fraction of sp³-hybridized carbons (Fsp3) is 1.00. The lowest BCUT2D eigenvalue weighted by atomic mass is 10.2. The van der Waals surface area contributed by atoms with Crippen molar-refractivity contribution in [3.8, 4) is 0 Å². The minimum Gasteiger partial charge on any atom is -0.373 e. The van der Waals surface area contributed by atoms with Crippen LogP contribution >= 0.6 is 7.60 Å². The summed E-state index contributed by atoms with van der Waals surface area (Å²) in [5.74, 6) is 0. The van der Waals surface area contributed by atoms with Gasteiger partial charge in [-0.3, -0.25) is 4.57 Å². The van der Waals surface area contributed by atoms with Gasteiger partial charge in [0.25, 0.3) is 0 Å². The number of rotatable bonds is 3. The predicted molar refractivity (Wildman–Crippen MR) is 50.0 cm³/mol. The van der Waals surface area contributed by atoms with Crippen LogP contribution in [0, 0.1) is 0 Å². The van der Waals surface area contributed by atoms with E-state index in [-0.39, 0.29) is 18.3 Å². The van der Waals surface area contributed by atoms with E-state index in [0.29, 0.717) is 0 Å². The molecule has 1 heterocycles. The summed E-state index contributed by atoms with van der Waals surface area (Å²) in [6, 6.07) is 0. The molecule has 78 valence electrons. The Morgan fingerprint density at radius 3 is 2.46 bits per heavy atom. The van der Waals surface area contributed by atoms with Gasteiger partial charge in [0.2, 0.25) is 0 Å². The van der Waals surface area contributed by atoms with E-state index < -0.39 is 7.60 Å². The minimum absolute atomic E-state index is 0.00146. The Bertz CT molecular complexity index is 218. The lowest BCUT2D eigenvalue weighted by Crippen LogP contribution is -2.20. The molecule has 0 aromatic heterocycles. The molecule has 1 rings (SSSR count). The first-order valence-electron chi connectivity index (χ1n) is 4.41. The van der Waals surface area contributed by atoms with Crippen LogP contribution in [0.5, 0.6) is 0 Å².